The highest BCUT2D eigenvalue weighted by Crippen LogP contribution is 2.49. The summed E-state index contributed by atoms with van der Waals surface area (Å²) in [6.45, 7) is 34.2. The third-order valence-corrected chi connectivity index (χ3v) is 13.3. The van der Waals surface area contributed by atoms with Crippen LogP contribution in [0.3, 0.4) is 0 Å². The standard InChI is InChI=1S/C59H67BN4O/c1-55(2,3)38-26-28-44(29-27-38)63-48-37-45(62(42-22-18-16-19-23-42)43-24-20-17-21-25-43)30-31-47(48)60-51-49(63)35-41(58(10,11)12)36-50(51)64(53-52(60)61-54(65-53)59(13,14)15)46-33-39(56(4,5)6)32-40(34-46)57(7,8)9/h16-37H,1-15H3. The summed E-state index contributed by atoms with van der Waals surface area (Å²) in [5.41, 5.74) is 16.8. The average molecular weight is 859 g/mol. The summed E-state index contributed by atoms with van der Waals surface area (Å²) in [7, 11) is 0. The Labute approximate surface area is 389 Å². The molecule has 0 radical (unpaired) electrons. The molecule has 0 amide bonds. The molecule has 332 valence electrons. The minimum atomic E-state index is -0.327. The van der Waals surface area contributed by atoms with Crippen LogP contribution >= 0.6 is 0 Å². The fourth-order valence-corrected chi connectivity index (χ4v) is 9.35. The van der Waals surface area contributed by atoms with E-state index >= 15 is 0 Å². The maximum absolute atomic E-state index is 7.21. The summed E-state index contributed by atoms with van der Waals surface area (Å²) < 4.78 is 7.21. The van der Waals surface area contributed by atoms with Gasteiger partial charge in [0.15, 0.2) is 0 Å². The Balaban J connectivity index is 1.40. The van der Waals surface area contributed by atoms with Gasteiger partial charge < -0.3 is 14.2 Å². The highest BCUT2D eigenvalue weighted by Gasteiger charge is 2.48. The van der Waals surface area contributed by atoms with Crippen molar-refractivity contribution in [2.45, 2.75) is 131 Å². The Morgan fingerprint density at radius 2 is 0.923 bits per heavy atom. The van der Waals surface area contributed by atoms with E-state index in [4.69, 9.17) is 9.40 Å². The summed E-state index contributed by atoms with van der Waals surface area (Å²) >= 11 is 0. The molecule has 0 fully saturated rings. The second-order valence-electron chi connectivity index (χ2n) is 23.6. The largest absolute Gasteiger partial charge is 0.424 e. The number of hydrogen-bond donors (Lipinski definition) is 0. The summed E-state index contributed by atoms with van der Waals surface area (Å²) in [5, 5.41) is 0. The molecular weight excluding hydrogens is 791 g/mol. The van der Waals surface area contributed by atoms with Gasteiger partial charge in [0.25, 0.3) is 6.71 Å². The number of oxazole rings is 1. The molecule has 6 heteroatoms. The van der Waals surface area contributed by atoms with Gasteiger partial charge >= 0.3 is 0 Å². The molecule has 0 unspecified atom stereocenters. The first-order valence-corrected chi connectivity index (χ1v) is 23.5. The van der Waals surface area contributed by atoms with Crippen molar-refractivity contribution < 1.29 is 4.42 Å². The van der Waals surface area contributed by atoms with Crippen molar-refractivity contribution in [1.29, 1.82) is 0 Å². The molecule has 0 atom stereocenters. The topological polar surface area (TPSA) is 35.8 Å². The molecule has 6 aromatic carbocycles. The number of fused-ring (bicyclic) bond motifs is 4. The van der Waals surface area contributed by atoms with E-state index in [0.717, 1.165) is 62.9 Å². The van der Waals surface area contributed by atoms with E-state index in [-0.39, 0.29) is 33.8 Å². The molecule has 0 aliphatic carbocycles. The first-order valence-electron chi connectivity index (χ1n) is 23.5. The van der Waals surface area contributed by atoms with Gasteiger partial charge in [-0.05, 0) is 128 Å². The Morgan fingerprint density at radius 1 is 0.431 bits per heavy atom. The Morgan fingerprint density at radius 3 is 1.42 bits per heavy atom. The van der Waals surface area contributed by atoms with Crippen molar-refractivity contribution in [2.75, 3.05) is 14.7 Å². The van der Waals surface area contributed by atoms with Crippen molar-refractivity contribution in [3.63, 3.8) is 0 Å². The molecule has 1 aromatic heterocycles. The molecule has 7 aromatic rings. The lowest BCUT2D eigenvalue weighted by Gasteiger charge is -2.43. The summed E-state index contributed by atoms with van der Waals surface area (Å²) in [5.74, 6) is 1.53. The minimum Gasteiger partial charge on any atom is -0.424 e. The summed E-state index contributed by atoms with van der Waals surface area (Å²) in [6, 6.07) is 49.8. The van der Waals surface area contributed by atoms with Gasteiger partial charge in [-0.25, -0.2) is 4.98 Å². The number of hydrogen-bond acceptors (Lipinski definition) is 5. The molecule has 0 spiro atoms. The first-order chi connectivity index (χ1) is 30.4. The zero-order valence-corrected chi connectivity index (χ0v) is 41.5. The normalized spacial score (nSPS) is 14.0. The predicted molar refractivity (Wildman–Crippen MR) is 279 cm³/mol. The molecule has 0 saturated heterocycles. The van der Waals surface area contributed by atoms with Crippen LogP contribution in [0.4, 0.5) is 51.4 Å². The fourth-order valence-electron chi connectivity index (χ4n) is 9.35. The van der Waals surface area contributed by atoms with Gasteiger partial charge in [0.2, 0.25) is 11.8 Å². The van der Waals surface area contributed by atoms with Crippen LogP contribution in [-0.4, -0.2) is 11.7 Å². The summed E-state index contributed by atoms with van der Waals surface area (Å²) in [6.07, 6.45) is 0. The van der Waals surface area contributed by atoms with Gasteiger partial charge in [-0.1, -0.05) is 165 Å². The second kappa shape index (κ2) is 15.3. The SMILES string of the molecule is CC(C)(C)c1ccc(N2c3cc(N(c4ccccc4)c4ccccc4)ccc3B3c4nc(C(C)(C)C)oc4N(c4cc(C(C)(C)C)cc(C(C)(C)C)c4)c4cc(C(C)(C)C)cc2c43)cc1. The van der Waals surface area contributed by atoms with Gasteiger partial charge in [-0.2, -0.15) is 0 Å². The Kier molecular flexibility index (Phi) is 10.4. The summed E-state index contributed by atoms with van der Waals surface area (Å²) in [4.78, 5) is 12.9. The predicted octanol–water partition coefficient (Wildman–Crippen LogP) is 14.7. The molecule has 5 nitrogen and oxygen atoms in total. The van der Waals surface area contributed by atoms with Crippen LogP contribution in [-0.2, 0) is 27.1 Å². The lowest BCUT2D eigenvalue weighted by molar-refractivity contribution is 0.397. The van der Waals surface area contributed by atoms with Gasteiger partial charge in [-0.3, -0.25) is 4.90 Å². The molecule has 0 saturated carbocycles. The monoisotopic (exact) mass is 859 g/mol. The number of para-hydroxylation sites is 2. The van der Waals surface area contributed by atoms with Crippen LogP contribution in [0.15, 0.2) is 138 Å². The van der Waals surface area contributed by atoms with Crippen LogP contribution in [0.5, 0.6) is 0 Å². The number of anilines is 9. The van der Waals surface area contributed by atoms with Crippen LogP contribution in [0.25, 0.3) is 0 Å². The van der Waals surface area contributed by atoms with E-state index in [0.29, 0.717) is 0 Å². The average Bonchev–Trinajstić information content (AvgIpc) is 3.69. The lowest BCUT2D eigenvalue weighted by atomic mass is 9.35. The van der Waals surface area contributed by atoms with Gasteiger partial charge in [0.1, 0.15) is 0 Å². The van der Waals surface area contributed by atoms with Crippen molar-refractivity contribution in [3.05, 3.63) is 162 Å². The van der Waals surface area contributed by atoms with Gasteiger partial charge in [-0.15, -0.1) is 0 Å². The van der Waals surface area contributed by atoms with E-state index in [1.165, 1.54) is 33.2 Å². The van der Waals surface area contributed by atoms with Crippen molar-refractivity contribution >= 4 is 74.6 Å². The molecule has 65 heavy (non-hydrogen) atoms. The zero-order chi connectivity index (χ0) is 46.6. The number of nitrogens with zero attached hydrogens (tertiary/aromatic N) is 4. The third-order valence-electron chi connectivity index (χ3n) is 13.3. The van der Waals surface area contributed by atoms with E-state index < -0.39 is 0 Å². The van der Waals surface area contributed by atoms with E-state index in [9.17, 15) is 0 Å². The first kappa shape index (κ1) is 44.2. The highest BCUT2D eigenvalue weighted by atomic mass is 16.4. The number of aromatic nitrogens is 1. The highest BCUT2D eigenvalue weighted by molar-refractivity contribution is 6.99. The third kappa shape index (κ3) is 7.98. The van der Waals surface area contributed by atoms with Crippen LogP contribution in [0.2, 0.25) is 0 Å². The molecule has 0 N–H and O–H groups in total. The van der Waals surface area contributed by atoms with Crippen molar-refractivity contribution in [3.8, 4) is 0 Å². The molecule has 2 aliphatic rings. The van der Waals surface area contributed by atoms with E-state index in [1.807, 2.05) is 0 Å². The maximum atomic E-state index is 7.21. The van der Waals surface area contributed by atoms with Crippen LogP contribution in [0, 0.1) is 0 Å². The van der Waals surface area contributed by atoms with E-state index in [2.05, 4.69) is 252 Å². The van der Waals surface area contributed by atoms with Crippen molar-refractivity contribution in [1.82, 2.24) is 4.98 Å². The minimum absolute atomic E-state index is 0.00982. The number of rotatable bonds is 5. The Bertz CT molecular complexity index is 2820. The zero-order valence-electron chi connectivity index (χ0n) is 41.5. The molecule has 2 aliphatic heterocycles. The molecule has 9 rings (SSSR count). The smallest absolute Gasteiger partial charge is 0.279 e. The Hall–Kier alpha value is -6.01. The maximum Gasteiger partial charge on any atom is 0.279 e. The lowest BCUT2D eigenvalue weighted by Crippen LogP contribution is -2.62. The van der Waals surface area contributed by atoms with Gasteiger partial charge in [0, 0.05) is 50.9 Å². The van der Waals surface area contributed by atoms with Crippen LogP contribution in [0.1, 0.15) is 132 Å². The quantitative estimate of drug-likeness (QED) is 0.161. The molecular formula is C59H67BN4O. The van der Waals surface area contributed by atoms with E-state index in [1.54, 1.807) is 0 Å². The molecule has 3 heterocycles. The number of benzene rings is 6. The van der Waals surface area contributed by atoms with Gasteiger partial charge in [0.05, 0.1) is 5.59 Å². The second-order valence-corrected chi connectivity index (χ2v) is 23.6. The van der Waals surface area contributed by atoms with Crippen LogP contribution < -0.4 is 31.2 Å². The van der Waals surface area contributed by atoms with Crippen molar-refractivity contribution in [2.24, 2.45) is 0 Å². The molecule has 0 bridgehead atoms. The fraction of sp³-hybridized carbons (Fsp3) is 0.339.